The van der Waals surface area contributed by atoms with Crippen LogP contribution >= 0.6 is 15.9 Å². The molecule has 0 fully saturated rings. The van der Waals surface area contributed by atoms with Crippen LogP contribution in [-0.4, -0.2) is 6.61 Å². The number of ether oxygens (including phenoxy) is 1. The topological polar surface area (TPSA) is 59.0 Å². The molecule has 16 heavy (non-hydrogen) atoms. The summed E-state index contributed by atoms with van der Waals surface area (Å²) in [6.07, 6.45) is 0.685. The molecule has 0 bridgehead atoms. The Kier molecular flexibility index (Phi) is 4.19. The van der Waals surface area contributed by atoms with E-state index in [4.69, 9.17) is 15.7 Å². The number of anilines is 1. The molecule has 0 spiro atoms. The van der Waals surface area contributed by atoms with Gasteiger partial charge in [0.15, 0.2) is 0 Å². The average molecular weight is 283 g/mol. The predicted molar refractivity (Wildman–Crippen MR) is 68.1 cm³/mol. The van der Waals surface area contributed by atoms with Crippen LogP contribution in [-0.2, 0) is 0 Å². The SMILES string of the molecule is CC(C)(C#N)CCOc1cc(N)ccc1Br. The number of halogens is 1. The maximum atomic E-state index is 8.86. The molecule has 4 heteroatoms. The van der Waals surface area contributed by atoms with Crippen LogP contribution in [0.3, 0.4) is 0 Å². The molecule has 0 saturated carbocycles. The van der Waals surface area contributed by atoms with Crippen LogP contribution in [0, 0.1) is 16.7 Å². The highest BCUT2D eigenvalue weighted by atomic mass is 79.9. The summed E-state index contributed by atoms with van der Waals surface area (Å²) in [5.41, 5.74) is 5.97. The van der Waals surface area contributed by atoms with Gasteiger partial charge in [-0.3, -0.25) is 0 Å². The lowest BCUT2D eigenvalue weighted by molar-refractivity contribution is 0.263. The highest BCUT2D eigenvalue weighted by Crippen LogP contribution is 2.28. The first-order valence-electron chi connectivity index (χ1n) is 5.04. The summed E-state index contributed by atoms with van der Waals surface area (Å²) in [6, 6.07) is 7.65. The molecule has 1 aromatic carbocycles. The van der Waals surface area contributed by atoms with E-state index in [0.717, 1.165) is 4.47 Å². The Morgan fingerprint density at radius 1 is 1.50 bits per heavy atom. The van der Waals surface area contributed by atoms with Crippen molar-refractivity contribution in [2.24, 2.45) is 5.41 Å². The third kappa shape index (κ3) is 3.74. The van der Waals surface area contributed by atoms with Crippen molar-refractivity contribution in [1.82, 2.24) is 0 Å². The van der Waals surface area contributed by atoms with Crippen molar-refractivity contribution in [2.45, 2.75) is 20.3 Å². The summed E-state index contributed by atoms with van der Waals surface area (Å²) in [7, 11) is 0. The van der Waals surface area contributed by atoms with Crippen LogP contribution in [0.5, 0.6) is 5.75 Å². The minimum atomic E-state index is -0.354. The van der Waals surface area contributed by atoms with Gasteiger partial charge in [0.25, 0.3) is 0 Å². The van der Waals surface area contributed by atoms with E-state index in [2.05, 4.69) is 22.0 Å². The number of rotatable bonds is 4. The molecule has 0 amide bonds. The molecule has 86 valence electrons. The van der Waals surface area contributed by atoms with E-state index in [0.29, 0.717) is 24.5 Å². The molecular formula is C12H15BrN2O. The van der Waals surface area contributed by atoms with Crippen LogP contribution in [0.2, 0.25) is 0 Å². The van der Waals surface area contributed by atoms with Gasteiger partial charge in [0.1, 0.15) is 5.75 Å². The maximum absolute atomic E-state index is 8.86. The van der Waals surface area contributed by atoms with Crippen molar-refractivity contribution in [3.63, 3.8) is 0 Å². The van der Waals surface area contributed by atoms with Gasteiger partial charge in [-0.05, 0) is 48.3 Å². The molecule has 2 N–H and O–H groups in total. The van der Waals surface area contributed by atoms with Gasteiger partial charge in [0.05, 0.1) is 22.6 Å². The Bertz CT molecular complexity index is 410. The highest BCUT2D eigenvalue weighted by Gasteiger charge is 2.16. The van der Waals surface area contributed by atoms with Crippen molar-refractivity contribution < 1.29 is 4.74 Å². The third-order valence-corrected chi connectivity index (χ3v) is 2.90. The quantitative estimate of drug-likeness (QED) is 0.862. The minimum Gasteiger partial charge on any atom is -0.492 e. The molecule has 0 heterocycles. The first-order valence-corrected chi connectivity index (χ1v) is 5.83. The molecule has 1 aromatic rings. The van der Waals surface area contributed by atoms with Gasteiger partial charge in [-0.2, -0.15) is 5.26 Å². The second-order valence-corrected chi connectivity index (χ2v) is 5.14. The molecule has 0 aliphatic heterocycles. The van der Waals surface area contributed by atoms with E-state index in [1.807, 2.05) is 19.9 Å². The van der Waals surface area contributed by atoms with Gasteiger partial charge in [-0.15, -0.1) is 0 Å². The van der Waals surface area contributed by atoms with Crippen LogP contribution in [0.15, 0.2) is 22.7 Å². The van der Waals surface area contributed by atoms with Gasteiger partial charge in [-0.1, -0.05) is 0 Å². The van der Waals surface area contributed by atoms with Crippen molar-refractivity contribution >= 4 is 21.6 Å². The van der Waals surface area contributed by atoms with Crippen LogP contribution < -0.4 is 10.5 Å². The minimum absolute atomic E-state index is 0.354. The zero-order valence-electron chi connectivity index (χ0n) is 9.46. The second kappa shape index (κ2) is 5.22. The Labute approximate surface area is 104 Å². The second-order valence-electron chi connectivity index (χ2n) is 4.28. The summed E-state index contributed by atoms with van der Waals surface area (Å²) in [5.74, 6) is 0.716. The lowest BCUT2D eigenvalue weighted by atomic mass is 9.92. The largest absolute Gasteiger partial charge is 0.492 e. The predicted octanol–water partition coefficient (Wildman–Crippen LogP) is 3.35. The lowest BCUT2D eigenvalue weighted by Gasteiger charge is -2.16. The zero-order chi connectivity index (χ0) is 12.2. The average Bonchev–Trinajstić information content (AvgIpc) is 2.23. The smallest absolute Gasteiger partial charge is 0.135 e. The van der Waals surface area contributed by atoms with Crippen LogP contribution in [0.1, 0.15) is 20.3 Å². The first-order chi connectivity index (χ1) is 7.44. The summed E-state index contributed by atoms with van der Waals surface area (Å²) in [4.78, 5) is 0. The van der Waals surface area contributed by atoms with Gasteiger partial charge < -0.3 is 10.5 Å². The van der Waals surface area contributed by atoms with Crippen molar-refractivity contribution in [3.05, 3.63) is 22.7 Å². The summed E-state index contributed by atoms with van der Waals surface area (Å²) >= 11 is 3.38. The molecule has 0 radical (unpaired) electrons. The van der Waals surface area contributed by atoms with Crippen molar-refractivity contribution in [3.8, 4) is 11.8 Å². The number of hydrogen-bond donors (Lipinski definition) is 1. The van der Waals surface area contributed by atoms with Crippen molar-refractivity contribution in [2.75, 3.05) is 12.3 Å². The van der Waals surface area contributed by atoms with E-state index in [9.17, 15) is 0 Å². The molecule has 0 aliphatic carbocycles. The molecule has 0 saturated heterocycles. The molecule has 0 aliphatic rings. The van der Waals surface area contributed by atoms with E-state index < -0.39 is 0 Å². The number of nitrogens with zero attached hydrogens (tertiary/aromatic N) is 1. The Balaban J connectivity index is 2.56. The molecule has 1 rings (SSSR count). The van der Waals surface area contributed by atoms with Gasteiger partial charge >= 0.3 is 0 Å². The van der Waals surface area contributed by atoms with Crippen molar-refractivity contribution in [1.29, 1.82) is 5.26 Å². The summed E-state index contributed by atoms with van der Waals surface area (Å²) < 4.78 is 6.45. The number of hydrogen-bond acceptors (Lipinski definition) is 3. The normalized spacial score (nSPS) is 10.9. The van der Waals surface area contributed by atoms with Gasteiger partial charge in [0.2, 0.25) is 0 Å². The lowest BCUT2D eigenvalue weighted by Crippen LogP contribution is -2.13. The number of nitrogen functional groups attached to an aromatic ring is 1. The van der Waals surface area contributed by atoms with E-state index in [-0.39, 0.29) is 5.41 Å². The molecule has 0 aromatic heterocycles. The Morgan fingerprint density at radius 3 is 2.81 bits per heavy atom. The van der Waals surface area contributed by atoms with Gasteiger partial charge in [0, 0.05) is 11.8 Å². The monoisotopic (exact) mass is 282 g/mol. The third-order valence-electron chi connectivity index (χ3n) is 2.24. The molecule has 3 nitrogen and oxygen atoms in total. The van der Waals surface area contributed by atoms with E-state index in [1.54, 1.807) is 12.1 Å². The number of nitrogens with two attached hydrogens (primary N) is 1. The fraction of sp³-hybridized carbons (Fsp3) is 0.417. The summed E-state index contributed by atoms with van der Waals surface area (Å²) in [5, 5.41) is 8.86. The Hall–Kier alpha value is -1.21. The van der Waals surface area contributed by atoms with Crippen LogP contribution in [0.4, 0.5) is 5.69 Å². The first kappa shape index (κ1) is 12.9. The number of benzene rings is 1. The fourth-order valence-corrected chi connectivity index (χ4v) is 1.46. The standard InChI is InChI=1S/C12H15BrN2O/c1-12(2,8-14)5-6-16-11-7-9(15)3-4-10(11)13/h3-4,7H,5-6,15H2,1-2H3. The highest BCUT2D eigenvalue weighted by molar-refractivity contribution is 9.10. The Morgan fingerprint density at radius 2 is 2.19 bits per heavy atom. The van der Waals surface area contributed by atoms with Crippen LogP contribution in [0.25, 0.3) is 0 Å². The molecular weight excluding hydrogens is 268 g/mol. The number of nitriles is 1. The maximum Gasteiger partial charge on any atom is 0.135 e. The zero-order valence-corrected chi connectivity index (χ0v) is 11.0. The van der Waals surface area contributed by atoms with Gasteiger partial charge in [-0.25, -0.2) is 0 Å². The summed E-state index contributed by atoms with van der Waals surface area (Å²) in [6.45, 7) is 4.29. The van der Waals surface area contributed by atoms with E-state index >= 15 is 0 Å². The molecule has 0 atom stereocenters. The van der Waals surface area contributed by atoms with E-state index in [1.165, 1.54) is 0 Å². The fourth-order valence-electron chi connectivity index (χ4n) is 1.10. The molecule has 0 unspecified atom stereocenters.